The molecule has 0 amide bonds. The van der Waals surface area contributed by atoms with E-state index in [1.54, 1.807) is 7.11 Å². The molecule has 1 aliphatic rings. The molecule has 106 valence electrons. The third-order valence-corrected chi connectivity index (χ3v) is 3.73. The van der Waals surface area contributed by atoms with E-state index < -0.39 is 0 Å². The van der Waals surface area contributed by atoms with Crippen LogP contribution >= 0.6 is 0 Å². The maximum Gasteiger partial charge on any atom is 0.144 e. The van der Waals surface area contributed by atoms with Crippen molar-refractivity contribution in [1.82, 2.24) is 15.1 Å². The molecule has 4 heteroatoms. The number of aromatic nitrogens is 2. The van der Waals surface area contributed by atoms with Gasteiger partial charge in [-0.05, 0) is 31.5 Å². The van der Waals surface area contributed by atoms with Gasteiger partial charge in [0.1, 0.15) is 11.4 Å². The number of benzene rings is 1. The van der Waals surface area contributed by atoms with Crippen LogP contribution in [0.5, 0.6) is 5.75 Å². The van der Waals surface area contributed by atoms with Gasteiger partial charge in [0.25, 0.3) is 0 Å². The van der Waals surface area contributed by atoms with Gasteiger partial charge in [0.05, 0.1) is 19.0 Å². The fourth-order valence-electron chi connectivity index (χ4n) is 2.58. The van der Waals surface area contributed by atoms with Gasteiger partial charge in [0.2, 0.25) is 0 Å². The Hall–Kier alpha value is -1.81. The van der Waals surface area contributed by atoms with Crippen molar-refractivity contribution in [1.29, 1.82) is 0 Å². The number of hydrogen-bond acceptors (Lipinski definition) is 3. The molecule has 4 nitrogen and oxygen atoms in total. The van der Waals surface area contributed by atoms with Crippen molar-refractivity contribution >= 4 is 0 Å². The normalized spacial score (nSPS) is 14.5. The second kappa shape index (κ2) is 5.67. The van der Waals surface area contributed by atoms with E-state index in [-0.39, 0.29) is 0 Å². The van der Waals surface area contributed by atoms with Crippen molar-refractivity contribution in [2.45, 2.75) is 32.2 Å². The Bertz CT molecular complexity index is 587. The molecule has 0 spiro atoms. The van der Waals surface area contributed by atoms with Crippen molar-refractivity contribution in [2.24, 2.45) is 0 Å². The first-order valence-corrected chi connectivity index (χ1v) is 7.26. The summed E-state index contributed by atoms with van der Waals surface area (Å²) in [5.74, 6) is 1.52. The highest BCUT2D eigenvalue weighted by Gasteiger charge is 2.31. The second-order valence-electron chi connectivity index (χ2n) is 5.19. The van der Waals surface area contributed by atoms with Crippen molar-refractivity contribution in [3.05, 3.63) is 41.7 Å². The number of hydrogen-bond donors (Lipinski definition) is 1. The Labute approximate surface area is 119 Å². The quantitative estimate of drug-likeness (QED) is 0.878. The third kappa shape index (κ3) is 2.43. The van der Waals surface area contributed by atoms with Gasteiger partial charge < -0.3 is 10.1 Å². The van der Waals surface area contributed by atoms with E-state index in [0.717, 1.165) is 24.5 Å². The van der Waals surface area contributed by atoms with Crippen LogP contribution in [0.3, 0.4) is 0 Å². The minimum atomic E-state index is 0.649. The summed E-state index contributed by atoms with van der Waals surface area (Å²) in [6, 6.07) is 8.06. The summed E-state index contributed by atoms with van der Waals surface area (Å²) in [7, 11) is 1.71. The Morgan fingerprint density at radius 3 is 2.85 bits per heavy atom. The van der Waals surface area contributed by atoms with Crippen molar-refractivity contribution < 1.29 is 4.74 Å². The maximum absolute atomic E-state index is 5.47. The molecule has 0 unspecified atom stereocenters. The minimum absolute atomic E-state index is 0.649. The predicted molar refractivity (Wildman–Crippen MR) is 79.5 cm³/mol. The number of ether oxygens (including phenoxy) is 1. The average Bonchev–Trinajstić information content (AvgIpc) is 3.25. The van der Waals surface area contributed by atoms with Gasteiger partial charge in [-0.2, -0.15) is 5.10 Å². The molecule has 1 N–H and O–H groups in total. The summed E-state index contributed by atoms with van der Waals surface area (Å²) in [5, 5.41) is 8.00. The SMILES string of the molecule is CCNCc1cnn(-c2ccccc2OC)c1C1CC1. The zero-order chi connectivity index (χ0) is 13.9. The zero-order valence-corrected chi connectivity index (χ0v) is 12.1. The molecule has 1 aromatic heterocycles. The average molecular weight is 271 g/mol. The summed E-state index contributed by atoms with van der Waals surface area (Å²) in [4.78, 5) is 0. The van der Waals surface area contributed by atoms with Crippen LogP contribution in [0.25, 0.3) is 5.69 Å². The van der Waals surface area contributed by atoms with Gasteiger partial charge in [-0.25, -0.2) is 4.68 Å². The topological polar surface area (TPSA) is 39.1 Å². The smallest absolute Gasteiger partial charge is 0.144 e. The van der Waals surface area contributed by atoms with Gasteiger partial charge in [-0.1, -0.05) is 19.1 Å². The molecule has 0 aliphatic heterocycles. The maximum atomic E-state index is 5.47. The van der Waals surface area contributed by atoms with Crippen LogP contribution in [-0.4, -0.2) is 23.4 Å². The fraction of sp³-hybridized carbons (Fsp3) is 0.438. The molecule has 1 heterocycles. The molecular weight excluding hydrogens is 250 g/mol. The van der Waals surface area contributed by atoms with Crippen molar-refractivity contribution in [2.75, 3.05) is 13.7 Å². The molecule has 1 saturated carbocycles. The summed E-state index contributed by atoms with van der Waals surface area (Å²) >= 11 is 0. The first-order chi connectivity index (χ1) is 9.85. The highest BCUT2D eigenvalue weighted by atomic mass is 16.5. The van der Waals surface area contributed by atoms with Crippen molar-refractivity contribution in [3.8, 4) is 11.4 Å². The highest BCUT2D eigenvalue weighted by molar-refractivity contribution is 5.48. The van der Waals surface area contributed by atoms with Gasteiger partial charge in [0, 0.05) is 18.0 Å². The first kappa shape index (κ1) is 13.2. The molecule has 0 bridgehead atoms. The summed E-state index contributed by atoms with van der Waals surface area (Å²) in [6.07, 6.45) is 4.52. The molecule has 2 aromatic rings. The molecule has 0 radical (unpaired) electrons. The van der Waals surface area contributed by atoms with Crippen LogP contribution in [0, 0.1) is 0 Å². The molecular formula is C16H21N3O. The Balaban J connectivity index is 2.02. The Kier molecular flexibility index (Phi) is 3.74. The number of rotatable bonds is 6. The zero-order valence-electron chi connectivity index (χ0n) is 12.1. The molecule has 0 saturated heterocycles. The Morgan fingerprint density at radius 1 is 1.35 bits per heavy atom. The lowest BCUT2D eigenvalue weighted by Gasteiger charge is -2.12. The van der Waals surface area contributed by atoms with Crippen LogP contribution in [0.1, 0.15) is 36.9 Å². The van der Waals surface area contributed by atoms with E-state index in [2.05, 4.69) is 28.1 Å². The number of para-hydroxylation sites is 2. The van der Waals surface area contributed by atoms with Crippen LogP contribution in [0.4, 0.5) is 0 Å². The minimum Gasteiger partial charge on any atom is -0.494 e. The van der Waals surface area contributed by atoms with E-state index in [4.69, 9.17) is 4.74 Å². The van der Waals surface area contributed by atoms with Crippen LogP contribution in [0.15, 0.2) is 30.5 Å². The lowest BCUT2D eigenvalue weighted by atomic mass is 10.1. The van der Waals surface area contributed by atoms with Gasteiger partial charge in [0.15, 0.2) is 0 Å². The fourth-order valence-corrected chi connectivity index (χ4v) is 2.58. The highest BCUT2D eigenvalue weighted by Crippen LogP contribution is 2.43. The van der Waals surface area contributed by atoms with E-state index in [0.29, 0.717) is 5.92 Å². The monoisotopic (exact) mass is 271 g/mol. The molecule has 1 aromatic carbocycles. The van der Waals surface area contributed by atoms with Crippen molar-refractivity contribution in [3.63, 3.8) is 0 Å². The molecule has 3 rings (SSSR count). The Morgan fingerprint density at radius 2 is 2.15 bits per heavy atom. The molecule has 1 aliphatic carbocycles. The van der Waals surface area contributed by atoms with Crippen LogP contribution in [-0.2, 0) is 6.54 Å². The van der Waals surface area contributed by atoms with Gasteiger partial charge >= 0.3 is 0 Å². The second-order valence-corrected chi connectivity index (χ2v) is 5.19. The van der Waals surface area contributed by atoms with Gasteiger partial charge in [-0.3, -0.25) is 0 Å². The summed E-state index contributed by atoms with van der Waals surface area (Å²) in [6.45, 7) is 3.99. The first-order valence-electron chi connectivity index (χ1n) is 7.26. The third-order valence-electron chi connectivity index (χ3n) is 3.73. The largest absolute Gasteiger partial charge is 0.494 e. The lowest BCUT2D eigenvalue weighted by Crippen LogP contribution is -2.13. The lowest BCUT2D eigenvalue weighted by molar-refractivity contribution is 0.411. The van der Waals surface area contributed by atoms with E-state index in [9.17, 15) is 0 Å². The van der Waals surface area contributed by atoms with E-state index >= 15 is 0 Å². The van der Waals surface area contributed by atoms with Crippen LogP contribution < -0.4 is 10.1 Å². The number of nitrogens with one attached hydrogen (secondary N) is 1. The number of methoxy groups -OCH3 is 1. The number of nitrogens with zero attached hydrogens (tertiary/aromatic N) is 2. The van der Waals surface area contributed by atoms with E-state index in [1.807, 2.05) is 24.4 Å². The van der Waals surface area contributed by atoms with Crippen LogP contribution in [0.2, 0.25) is 0 Å². The van der Waals surface area contributed by atoms with E-state index in [1.165, 1.54) is 24.1 Å². The summed E-state index contributed by atoms with van der Waals surface area (Å²) < 4.78 is 7.53. The molecule has 20 heavy (non-hydrogen) atoms. The molecule has 1 fully saturated rings. The molecule has 0 atom stereocenters. The standard InChI is InChI=1S/C16H21N3O/c1-3-17-10-13-11-18-19(16(13)12-8-9-12)14-6-4-5-7-15(14)20-2/h4-7,11-12,17H,3,8-10H2,1-2H3. The van der Waals surface area contributed by atoms with Gasteiger partial charge in [-0.15, -0.1) is 0 Å². The summed E-state index contributed by atoms with van der Waals surface area (Å²) in [5.41, 5.74) is 3.68. The predicted octanol–water partition coefficient (Wildman–Crippen LogP) is 2.87.